The minimum absolute atomic E-state index is 0.262. The Morgan fingerprint density at radius 2 is 2.10 bits per heavy atom. The Kier molecular flexibility index (Phi) is 4.82. The van der Waals surface area contributed by atoms with Crippen molar-refractivity contribution in [1.29, 1.82) is 0 Å². The van der Waals surface area contributed by atoms with Crippen LogP contribution in [0, 0.1) is 8.99 Å². The molecule has 1 saturated heterocycles. The average molecular weight is 422 g/mol. The average Bonchev–Trinajstić information content (AvgIpc) is 2.38. The third kappa shape index (κ3) is 3.34. The molecule has 1 aromatic rings. The second-order valence-corrected chi connectivity index (χ2v) is 7.55. The maximum absolute atomic E-state index is 12.8. The molecule has 0 aromatic heterocycles. The van der Waals surface area contributed by atoms with Gasteiger partial charge in [-0.3, -0.25) is 4.79 Å². The molecule has 0 spiro atoms. The van der Waals surface area contributed by atoms with Gasteiger partial charge in [0, 0.05) is 15.1 Å². The maximum Gasteiger partial charge on any atom is 0.326 e. The van der Waals surface area contributed by atoms with Crippen molar-refractivity contribution in [3.05, 3.63) is 32.4 Å². The van der Waals surface area contributed by atoms with Crippen LogP contribution in [0.5, 0.6) is 0 Å². The highest BCUT2D eigenvalue weighted by molar-refractivity contribution is 14.1. The summed E-state index contributed by atoms with van der Waals surface area (Å²) in [6.45, 7) is 4.25. The van der Waals surface area contributed by atoms with Crippen LogP contribution in [-0.2, 0) is 4.79 Å². The quantitative estimate of drug-likeness (QED) is 0.742. The molecule has 1 heterocycles. The summed E-state index contributed by atoms with van der Waals surface area (Å²) in [6.07, 6.45) is 1.60. The largest absolute Gasteiger partial charge is 0.480 e. The number of aliphatic carboxylic acids is 1. The number of rotatable bonds is 2. The molecule has 0 aliphatic carbocycles. The molecule has 1 aromatic carbocycles. The van der Waals surface area contributed by atoms with Crippen LogP contribution in [-0.4, -0.2) is 34.5 Å². The second-order valence-electron chi connectivity index (χ2n) is 5.96. The van der Waals surface area contributed by atoms with Gasteiger partial charge in [0.1, 0.15) is 6.04 Å². The molecule has 1 aliphatic heterocycles. The third-order valence-corrected chi connectivity index (χ3v) is 5.10. The molecule has 1 amide bonds. The summed E-state index contributed by atoms with van der Waals surface area (Å²) in [5.74, 6) is -1.22. The SMILES string of the molecule is CC1(C)CCCN(C(=O)c2cc(Cl)ccc2I)C1C(=O)O. The van der Waals surface area contributed by atoms with E-state index in [1.807, 2.05) is 13.8 Å². The van der Waals surface area contributed by atoms with E-state index in [1.54, 1.807) is 18.2 Å². The first kappa shape index (κ1) is 16.5. The van der Waals surface area contributed by atoms with Crippen LogP contribution >= 0.6 is 34.2 Å². The minimum Gasteiger partial charge on any atom is -0.480 e. The summed E-state index contributed by atoms with van der Waals surface area (Å²) in [4.78, 5) is 25.9. The van der Waals surface area contributed by atoms with E-state index in [9.17, 15) is 14.7 Å². The molecule has 1 N–H and O–H groups in total. The lowest BCUT2D eigenvalue weighted by Crippen LogP contribution is -2.56. The first-order valence-corrected chi connectivity index (χ1v) is 8.18. The number of piperidine rings is 1. The maximum atomic E-state index is 12.8. The smallest absolute Gasteiger partial charge is 0.326 e. The fourth-order valence-corrected chi connectivity index (χ4v) is 3.63. The zero-order valence-corrected chi connectivity index (χ0v) is 14.8. The van der Waals surface area contributed by atoms with Crippen LogP contribution in [0.4, 0.5) is 0 Å². The molecule has 1 fully saturated rings. The Bertz CT molecular complexity index is 588. The molecule has 4 nitrogen and oxygen atoms in total. The van der Waals surface area contributed by atoms with Crippen molar-refractivity contribution < 1.29 is 14.7 Å². The lowest BCUT2D eigenvalue weighted by molar-refractivity contribution is -0.148. The van der Waals surface area contributed by atoms with Crippen molar-refractivity contribution in [2.24, 2.45) is 5.41 Å². The van der Waals surface area contributed by atoms with Crippen molar-refractivity contribution in [2.75, 3.05) is 6.54 Å². The van der Waals surface area contributed by atoms with Crippen LogP contribution in [0.3, 0.4) is 0 Å². The Morgan fingerprint density at radius 3 is 2.71 bits per heavy atom. The highest BCUT2D eigenvalue weighted by Crippen LogP contribution is 2.36. The summed E-state index contributed by atoms with van der Waals surface area (Å²) >= 11 is 8.03. The number of carbonyl (C=O) groups is 2. The number of likely N-dealkylation sites (tertiary alicyclic amines) is 1. The van der Waals surface area contributed by atoms with Gasteiger partial charge >= 0.3 is 5.97 Å². The predicted octanol–water partition coefficient (Wildman–Crippen LogP) is 3.66. The molecule has 0 bridgehead atoms. The number of hydrogen-bond acceptors (Lipinski definition) is 2. The fraction of sp³-hybridized carbons (Fsp3) is 0.467. The highest BCUT2D eigenvalue weighted by atomic mass is 127. The number of carbonyl (C=O) groups excluding carboxylic acids is 1. The van der Waals surface area contributed by atoms with Crippen LogP contribution < -0.4 is 0 Å². The highest BCUT2D eigenvalue weighted by Gasteiger charge is 2.44. The summed E-state index contributed by atoms with van der Waals surface area (Å²) in [7, 11) is 0. The van der Waals surface area contributed by atoms with E-state index in [2.05, 4.69) is 22.6 Å². The van der Waals surface area contributed by atoms with Gasteiger partial charge in [-0.05, 0) is 59.0 Å². The van der Waals surface area contributed by atoms with Gasteiger partial charge in [0.05, 0.1) is 5.56 Å². The van der Waals surface area contributed by atoms with Crippen molar-refractivity contribution in [3.8, 4) is 0 Å². The molecule has 1 unspecified atom stereocenters. The van der Waals surface area contributed by atoms with Gasteiger partial charge in [-0.15, -0.1) is 0 Å². The van der Waals surface area contributed by atoms with Crippen molar-refractivity contribution in [2.45, 2.75) is 32.7 Å². The Labute approximate surface area is 142 Å². The molecule has 0 radical (unpaired) electrons. The van der Waals surface area contributed by atoms with Crippen molar-refractivity contribution in [1.82, 2.24) is 4.90 Å². The standard InChI is InChI=1S/C15H17ClINO3/c1-15(2)6-3-7-18(12(15)14(20)21)13(19)10-8-9(16)4-5-11(10)17/h4-5,8,12H,3,6-7H2,1-2H3,(H,20,21). The molecule has 6 heteroatoms. The van der Waals surface area contributed by atoms with Gasteiger partial charge in [0.25, 0.3) is 5.91 Å². The lowest BCUT2D eigenvalue weighted by Gasteiger charge is -2.44. The number of carboxylic acid groups (broad SMARTS) is 1. The third-order valence-electron chi connectivity index (χ3n) is 3.93. The van der Waals surface area contributed by atoms with Crippen LogP contribution in [0.25, 0.3) is 0 Å². The van der Waals surface area contributed by atoms with E-state index < -0.39 is 17.4 Å². The van der Waals surface area contributed by atoms with E-state index in [1.165, 1.54) is 4.90 Å². The van der Waals surface area contributed by atoms with Crippen LogP contribution in [0.15, 0.2) is 18.2 Å². The number of nitrogens with zero attached hydrogens (tertiary/aromatic N) is 1. The molecular weight excluding hydrogens is 405 g/mol. The van der Waals surface area contributed by atoms with E-state index in [4.69, 9.17) is 11.6 Å². The number of carboxylic acids is 1. The Morgan fingerprint density at radius 1 is 1.43 bits per heavy atom. The number of halogens is 2. The first-order chi connectivity index (χ1) is 9.74. The lowest BCUT2D eigenvalue weighted by atomic mass is 9.76. The summed E-state index contributed by atoms with van der Waals surface area (Å²) in [6, 6.07) is 4.27. The van der Waals surface area contributed by atoms with Gasteiger partial charge < -0.3 is 10.0 Å². The minimum atomic E-state index is -0.954. The molecular formula is C15H17ClINO3. The number of benzene rings is 1. The monoisotopic (exact) mass is 421 g/mol. The van der Waals surface area contributed by atoms with E-state index >= 15 is 0 Å². The molecule has 114 valence electrons. The van der Waals surface area contributed by atoms with Crippen molar-refractivity contribution >= 4 is 46.1 Å². The molecule has 2 rings (SSSR count). The Balaban J connectivity index is 2.41. The molecule has 1 aliphatic rings. The predicted molar refractivity (Wildman–Crippen MR) is 89.6 cm³/mol. The van der Waals surface area contributed by atoms with Crippen LogP contribution in [0.1, 0.15) is 37.0 Å². The van der Waals surface area contributed by atoms with Gasteiger partial charge in [0.15, 0.2) is 0 Å². The van der Waals surface area contributed by atoms with Crippen molar-refractivity contribution in [3.63, 3.8) is 0 Å². The molecule has 0 saturated carbocycles. The molecule has 1 atom stereocenters. The summed E-state index contributed by atoms with van der Waals surface area (Å²) in [5.41, 5.74) is 0.0241. The van der Waals surface area contributed by atoms with E-state index in [0.29, 0.717) is 17.1 Å². The second kappa shape index (κ2) is 6.12. The fourth-order valence-electron chi connectivity index (χ4n) is 2.90. The Hall–Kier alpha value is -0.820. The topological polar surface area (TPSA) is 57.6 Å². The number of amides is 1. The number of hydrogen-bond donors (Lipinski definition) is 1. The van der Waals surface area contributed by atoms with Gasteiger partial charge in [-0.1, -0.05) is 25.4 Å². The summed E-state index contributed by atoms with van der Waals surface area (Å²) in [5, 5.41) is 10.0. The zero-order chi connectivity index (χ0) is 15.8. The van der Waals surface area contributed by atoms with Gasteiger partial charge in [-0.2, -0.15) is 0 Å². The zero-order valence-electron chi connectivity index (χ0n) is 11.9. The summed E-state index contributed by atoms with van der Waals surface area (Å²) < 4.78 is 0.773. The van der Waals surface area contributed by atoms with Gasteiger partial charge in [-0.25, -0.2) is 4.79 Å². The van der Waals surface area contributed by atoms with Gasteiger partial charge in [0.2, 0.25) is 0 Å². The first-order valence-electron chi connectivity index (χ1n) is 6.73. The normalized spacial score (nSPS) is 21.1. The van der Waals surface area contributed by atoms with E-state index in [-0.39, 0.29) is 5.91 Å². The van der Waals surface area contributed by atoms with Crippen LogP contribution in [0.2, 0.25) is 5.02 Å². The molecule has 21 heavy (non-hydrogen) atoms. The van der Waals surface area contributed by atoms with E-state index in [0.717, 1.165) is 16.4 Å².